The van der Waals surface area contributed by atoms with Crippen molar-refractivity contribution in [3.63, 3.8) is 0 Å². The monoisotopic (exact) mass is 252 g/mol. The molecule has 2 aromatic carbocycles. The molecule has 0 saturated heterocycles. The Labute approximate surface area is 117 Å². The van der Waals surface area contributed by atoms with E-state index >= 15 is 0 Å². The Bertz CT molecular complexity index is 484. The molecule has 1 atom stereocenters. The molecule has 0 spiro atoms. The summed E-state index contributed by atoms with van der Waals surface area (Å²) in [4.78, 5) is 0. The third-order valence-corrected chi connectivity index (χ3v) is 3.73. The summed E-state index contributed by atoms with van der Waals surface area (Å²) in [6.45, 7) is 4.53. The van der Waals surface area contributed by atoms with E-state index in [1.807, 2.05) is 0 Å². The van der Waals surface area contributed by atoms with Gasteiger partial charge in [0.2, 0.25) is 0 Å². The van der Waals surface area contributed by atoms with Gasteiger partial charge in [0, 0.05) is 5.92 Å². The molecule has 100 valence electrons. The first-order valence-corrected chi connectivity index (χ1v) is 7.49. The van der Waals surface area contributed by atoms with Crippen LogP contribution in [0.1, 0.15) is 55.7 Å². The van der Waals surface area contributed by atoms with Crippen molar-refractivity contribution in [1.82, 2.24) is 0 Å². The van der Waals surface area contributed by atoms with Gasteiger partial charge in [0.1, 0.15) is 0 Å². The predicted octanol–water partition coefficient (Wildman–Crippen LogP) is 5.57. The van der Waals surface area contributed by atoms with E-state index in [9.17, 15) is 0 Å². The van der Waals surface area contributed by atoms with Crippen LogP contribution in [0.2, 0.25) is 0 Å². The van der Waals surface area contributed by atoms with Crippen molar-refractivity contribution in [1.29, 1.82) is 0 Å². The Morgan fingerprint density at radius 3 is 2.16 bits per heavy atom. The standard InChI is InChI=1S/C19H24/c1-3-10-16-14-8-9-15-19(16)18(11-4-2)17-12-6-5-7-13-17/h5-9,12-15,18H,3-4,10-11H2,1-2H3. The highest BCUT2D eigenvalue weighted by Crippen LogP contribution is 2.31. The summed E-state index contributed by atoms with van der Waals surface area (Å²) in [6, 6.07) is 19.9. The van der Waals surface area contributed by atoms with Crippen LogP contribution >= 0.6 is 0 Å². The van der Waals surface area contributed by atoms with Crippen molar-refractivity contribution >= 4 is 0 Å². The van der Waals surface area contributed by atoms with Crippen molar-refractivity contribution in [2.45, 2.75) is 45.4 Å². The molecule has 0 N–H and O–H groups in total. The van der Waals surface area contributed by atoms with Crippen LogP contribution < -0.4 is 0 Å². The Hall–Kier alpha value is -1.56. The van der Waals surface area contributed by atoms with E-state index in [0.29, 0.717) is 5.92 Å². The van der Waals surface area contributed by atoms with Gasteiger partial charge in [0.15, 0.2) is 0 Å². The largest absolute Gasteiger partial charge is 0.0653 e. The first kappa shape index (κ1) is 13.9. The Morgan fingerprint density at radius 1 is 0.789 bits per heavy atom. The van der Waals surface area contributed by atoms with E-state index in [1.54, 1.807) is 0 Å². The molecule has 2 rings (SSSR count). The third-order valence-electron chi connectivity index (χ3n) is 3.73. The molecule has 0 fully saturated rings. The normalized spacial score (nSPS) is 12.3. The smallest absolute Gasteiger partial charge is 0.00919 e. The van der Waals surface area contributed by atoms with Gasteiger partial charge in [-0.2, -0.15) is 0 Å². The van der Waals surface area contributed by atoms with Gasteiger partial charge in [0.25, 0.3) is 0 Å². The summed E-state index contributed by atoms with van der Waals surface area (Å²) in [5.41, 5.74) is 4.50. The van der Waals surface area contributed by atoms with Crippen LogP contribution in [0.15, 0.2) is 54.6 Å². The van der Waals surface area contributed by atoms with Crippen molar-refractivity contribution in [2.75, 3.05) is 0 Å². The number of hydrogen-bond donors (Lipinski definition) is 0. The molecule has 0 aliphatic carbocycles. The van der Waals surface area contributed by atoms with Gasteiger partial charge in [-0.05, 0) is 29.5 Å². The van der Waals surface area contributed by atoms with Crippen LogP contribution in [0, 0.1) is 0 Å². The van der Waals surface area contributed by atoms with Crippen LogP contribution in [0.5, 0.6) is 0 Å². The Kier molecular flexibility index (Phi) is 5.20. The molecule has 0 heteroatoms. The van der Waals surface area contributed by atoms with Crippen LogP contribution in [-0.2, 0) is 6.42 Å². The van der Waals surface area contributed by atoms with Crippen LogP contribution in [-0.4, -0.2) is 0 Å². The minimum absolute atomic E-state index is 0.550. The fourth-order valence-electron chi connectivity index (χ4n) is 2.85. The number of benzene rings is 2. The van der Waals surface area contributed by atoms with Crippen LogP contribution in [0.25, 0.3) is 0 Å². The summed E-state index contributed by atoms with van der Waals surface area (Å²) in [7, 11) is 0. The molecule has 0 heterocycles. The Balaban J connectivity index is 2.39. The molecular formula is C19H24. The zero-order valence-corrected chi connectivity index (χ0v) is 12.1. The quantitative estimate of drug-likeness (QED) is 0.630. The fraction of sp³-hybridized carbons (Fsp3) is 0.368. The van der Waals surface area contributed by atoms with Crippen molar-refractivity contribution < 1.29 is 0 Å². The second-order valence-electron chi connectivity index (χ2n) is 5.20. The molecule has 2 aromatic rings. The van der Waals surface area contributed by atoms with Gasteiger partial charge in [-0.1, -0.05) is 81.3 Å². The maximum Gasteiger partial charge on any atom is 0.00919 e. The minimum Gasteiger partial charge on any atom is -0.0653 e. The van der Waals surface area contributed by atoms with E-state index in [0.717, 1.165) is 0 Å². The molecule has 0 aliphatic heterocycles. The zero-order valence-electron chi connectivity index (χ0n) is 12.1. The zero-order chi connectivity index (χ0) is 13.5. The minimum atomic E-state index is 0.550. The Morgan fingerprint density at radius 2 is 1.47 bits per heavy atom. The molecule has 1 unspecified atom stereocenters. The van der Waals surface area contributed by atoms with E-state index in [-0.39, 0.29) is 0 Å². The number of aryl methyl sites for hydroxylation is 1. The lowest BCUT2D eigenvalue weighted by atomic mass is 9.84. The highest BCUT2D eigenvalue weighted by atomic mass is 14.2. The summed E-state index contributed by atoms with van der Waals surface area (Å²) in [5, 5.41) is 0. The molecule has 0 nitrogen and oxygen atoms in total. The molecule has 19 heavy (non-hydrogen) atoms. The van der Waals surface area contributed by atoms with Gasteiger partial charge in [0.05, 0.1) is 0 Å². The highest BCUT2D eigenvalue weighted by Gasteiger charge is 2.15. The molecule has 0 aromatic heterocycles. The summed E-state index contributed by atoms with van der Waals surface area (Å²) >= 11 is 0. The predicted molar refractivity (Wildman–Crippen MR) is 83.6 cm³/mol. The summed E-state index contributed by atoms with van der Waals surface area (Å²) in [5.74, 6) is 0.550. The molecule has 0 bridgehead atoms. The van der Waals surface area contributed by atoms with Gasteiger partial charge >= 0.3 is 0 Å². The van der Waals surface area contributed by atoms with Crippen molar-refractivity contribution in [3.8, 4) is 0 Å². The molecule has 0 saturated carbocycles. The lowest BCUT2D eigenvalue weighted by molar-refractivity contribution is 0.688. The molecule has 0 amide bonds. The van der Waals surface area contributed by atoms with E-state index < -0.39 is 0 Å². The van der Waals surface area contributed by atoms with Gasteiger partial charge in [-0.15, -0.1) is 0 Å². The average Bonchev–Trinajstić information content (AvgIpc) is 2.47. The summed E-state index contributed by atoms with van der Waals surface area (Å²) in [6.07, 6.45) is 4.85. The lowest BCUT2D eigenvalue weighted by Crippen LogP contribution is -2.04. The fourth-order valence-corrected chi connectivity index (χ4v) is 2.85. The van der Waals surface area contributed by atoms with E-state index in [2.05, 4.69) is 68.4 Å². The highest BCUT2D eigenvalue weighted by molar-refractivity contribution is 5.38. The third kappa shape index (κ3) is 3.47. The molecular weight excluding hydrogens is 228 g/mol. The van der Waals surface area contributed by atoms with Crippen molar-refractivity contribution in [3.05, 3.63) is 71.3 Å². The maximum absolute atomic E-state index is 2.32. The average molecular weight is 252 g/mol. The van der Waals surface area contributed by atoms with Crippen LogP contribution in [0.3, 0.4) is 0 Å². The van der Waals surface area contributed by atoms with E-state index in [1.165, 1.54) is 42.4 Å². The molecule has 0 radical (unpaired) electrons. The lowest BCUT2D eigenvalue weighted by Gasteiger charge is -2.20. The summed E-state index contributed by atoms with van der Waals surface area (Å²) < 4.78 is 0. The molecule has 0 aliphatic rings. The van der Waals surface area contributed by atoms with Gasteiger partial charge in [-0.3, -0.25) is 0 Å². The van der Waals surface area contributed by atoms with Gasteiger partial charge in [-0.25, -0.2) is 0 Å². The topological polar surface area (TPSA) is 0 Å². The van der Waals surface area contributed by atoms with Crippen molar-refractivity contribution in [2.24, 2.45) is 0 Å². The second-order valence-corrected chi connectivity index (χ2v) is 5.20. The number of rotatable bonds is 6. The van der Waals surface area contributed by atoms with E-state index in [4.69, 9.17) is 0 Å². The first-order valence-electron chi connectivity index (χ1n) is 7.49. The maximum atomic E-state index is 2.32. The second kappa shape index (κ2) is 7.13. The van der Waals surface area contributed by atoms with Gasteiger partial charge < -0.3 is 0 Å². The van der Waals surface area contributed by atoms with Crippen LogP contribution in [0.4, 0.5) is 0 Å². The SMILES string of the molecule is CCCc1ccccc1C(CCC)c1ccccc1. The first-order chi connectivity index (χ1) is 9.36. The number of hydrogen-bond acceptors (Lipinski definition) is 0.